The van der Waals surface area contributed by atoms with E-state index in [1.165, 1.54) is 0 Å². The number of fused-ring (bicyclic) bond motifs is 1. The molecule has 0 bridgehead atoms. The molecule has 0 amide bonds. The molecule has 1 aromatic heterocycles. The molecule has 0 unspecified atom stereocenters. The molecule has 4 aromatic rings. The highest BCUT2D eigenvalue weighted by atomic mass is 35.5. The lowest BCUT2D eigenvalue weighted by atomic mass is 10.1. The molecule has 0 fully saturated rings. The summed E-state index contributed by atoms with van der Waals surface area (Å²) in [7, 11) is 3.47. The summed E-state index contributed by atoms with van der Waals surface area (Å²) in [6.07, 6.45) is 1.78. The van der Waals surface area contributed by atoms with Crippen LogP contribution in [-0.4, -0.2) is 16.7 Å². The van der Waals surface area contributed by atoms with Crippen molar-refractivity contribution in [3.63, 3.8) is 0 Å². The number of para-hydroxylation sites is 2. The van der Waals surface area contributed by atoms with Crippen LogP contribution in [0.2, 0.25) is 10.0 Å². The summed E-state index contributed by atoms with van der Waals surface area (Å²) in [6, 6.07) is 20.8. The van der Waals surface area contributed by atoms with Gasteiger partial charge >= 0.3 is 0 Å². The minimum absolute atomic E-state index is 0.269. The first-order valence-corrected chi connectivity index (χ1v) is 10.5. The summed E-state index contributed by atoms with van der Waals surface area (Å²) in [4.78, 5) is 4.61. The number of ether oxygens (including phenoxy) is 2. The van der Waals surface area contributed by atoms with Gasteiger partial charge in [-0.2, -0.15) is 5.26 Å². The van der Waals surface area contributed by atoms with Crippen LogP contribution in [0.1, 0.15) is 17.0 Å². The molecule has 0 saturated heterocycles. The lowest BCUT2D eigenvalue weighted by Gasteiger charge is -2.12. The van der Waals surface area contributed by atoms with Crippen LogP contribution in [-0.2, 0) is 13.7 Å². The zero-order chi connectivity index (χ0) is 22.7. The van der Waals surface area contributed by atoms with Crippen molar-refractivity contribution in [1.29, 1.82) is 5.26 Å². The van der Waals surface area contributed by atoms with Crippen LogP contribution in [0, 0.1) is 11.3 Å². The fourth-order valence-electron chi connectivity index (χ4n) is 3.39. The quantitative estimate of drug-likeness (QED) is 0.305. The third-order valence-electron chi connectivity index (χ3n) is 5.05. The molecule has 160 valence electrons. The number of aromatic nitrogens is 2. The second kappa shape index (κ2) is 9.35. The van der Waals surface area contributed by atoms with Crippen molar-refractivity contribution in [2.45, 2.75) is 6.61 Å². The monoisotopic (exact) mass is 463 g/mol. The van der Waals surface area contributed by atoms with E-state index < -0.39 is 0 Å². The van der Waals surface area contributed by atoms with E-state index in [1.807, 2.05) is 54.1 Å². The smallest absolute Gasteiger partial charge is 0.161 e. The van der Waals surface area contributed by atoms with Crippen LogP contribution in [0.4, 0.5) is 0 Å². The molecule has 0 aliphatic rings. The second-order valence-corrected chi connectivity index (χ2v) is 7.93. The fourth-order valence-corrected chi connectivity index (χ4v) is 3.85. The predicted molar refractivity (Wildman–Crippen MR) is 128 cm³/mol. The molecular weight excluding hydrogens is 445 g/mol. The summed E-state index contributed by atoms with van der Waals surface area (Å²) >= 11 is 12.2. The molecule has 0 atom stereocenters. The van der Waals surface area contributed by atoms with Gasteiger partial charge in [0.1, 0.15) is 12.7 Å². The number of methoxy groups -OCH3 is 1. The number of aryl methyl sites for hydroxylation is 1. The number of hydrogen-bond acceptors (Lipinski definition) is 4. The van der Waals surface area contributed by atoms with Gasteiger partial charge in [-0.15, -0.1) is 0 Å². The van der Waals surface area contributed by atoms with Crippen molar-refractivity contribution < 1.29 is 9.47 Å². The Morgan fingerprint density at radius 1 is 1.09 bits per heavy atom. The van der Waals surface area contributed by atoms with Gasteiger partial charge in [0.15, 0.2) is 17.3 Å². The van der Waals surface area contributed by atoms with Crippen molar-refractivity contribution in [3.05, 3.63) is 87.7 Å². The van der Waals surface area contributed by atoms with Gasteiger partial charge in [-0.05, 0) is 48.0 Å². The largest absolute Gasteiger partial charge is 0.493 e. The number of nitrogens with zero attached hydrogens (tertiary/aromatic N) is 3. The fraction of sp³-hybridized carbons (Fsp3) is 0.120. The van der Waals surface area contributed by atoms with Crippen molar-refractivity contribution in [3.8, 4) is 17.6 Å². The van der Waals surface area contributed by atoms with Gasteiger partial charge in [0.2, 0.25) is 0 Å². The standard InChI is InChI=1S/C25H19Cl2N3O2/c1-30-22-6-4-3-5-21(22)29-25(30)18(14-28)11-16-7-10-23(24(12-16)31-2)32-15-17-8-9-19(26)13-20(17)27/h3-13H,15H2,1-2H3/b18-11-. The summed E-state index contributed by atoms with van der Waals surface area (Å²) in [5.74, 6) is 1.72. The number of imidazole rings is 1. The Morgan fingerprint density at radius 2 is 1.91 bits per heavy atom. The average Bonchev–Trinajstić information content (AvgIpc) is 3.13. The van der Waals surface area contributed by atoms with Crippen molar-refractivity contribution >= 4 is 45.9 Å². The van der Waals surface area contributed by atoms with E-state index in [1.54, 1.807) is 31.4 Å². The molecule has 7 heteroatoms. The molecule has 1 heterocycles. The van der Waals surface area contributed by atoms with Crippen LogP contribution in [0.25, 0.3) is 22.7 Å². The van der Waals surface area contributed by atoms with Crippen molar-refractivity contribution in [2.75, 3.05) is 7.11 Å². The lowest BCUT2D eigenvalue weighted by molar-refractivity contribution is 0.284. The lowest BCUT2D eigenvalue weighted by Crippen LogP contribution is -1.99. The molecule has 0 N–H and O–H groups in total. The molecule has 0 aliphatic heterocycles. The molecule has 3 aromatic carbocycles. The number of rotatable bonds is 6. The Hall–Kier alpha value is -3.46. The highest BCUT2D eigenvalue weighted by molar-refractivity contribution is 6.35. The van der Waals surface area contributed by atoms with E-state index in [-0.39, 0.29) is 6.61 Å². The molecule has 5 nitrogen and oxygen atoms in total. The van der Waals surface area contributed by atoms with Crippen molar-refractivity contribution in [2.24, 2.45) is 7.05 Å². The summed E-state index contributed by atoms with van der Waals surface area (Å²) in [6.45, 7) is 0.269. The highest BCUT2D eigenvalue weighted by Crippen LogP contribution is 2.32. The third-order valence-corrected chi connectivity index (χ3v) is 5.63. The van der Waals surface area contributed by atoms with E-state index in [4.69, 9.17) is 32.7 Å². The van der Waals surface area contributed by atoms with Gasteiger partial charge in [-0.1, -0.05) is 47.5 Å². The Bertz CT molecular complexity index is 1370. The van der Waals surface area contributed by atoms with E-state index in [9.17, 15) is 5.26 Å². The maximum absolute atomic E-state index is 9.78. The zero-order valence-electron chi connectivity index (χ0n) is 17.5. The molecule has 0 radical (unpaired) electrons. The van der Waals surface area contributed by atoms with Crippen molar-refractivity contribution in [1.82, 2.24) is 9.55 Å². The average molecular weight is 464 g/mol. The van der Waals surface area contributed by atoms with Crippen LogP contribution in [0.15, 0.2) is 60.7 Å². The Labute approximate surface area is 196 Å². The van der Waals surface area contributed by atoms with Gasteiger partial charge in [0.25, 0.3) is 0 Å². The molecule has 4 rings (SSSR count). The van der Waals surface area contributed by atoms with Gasteiger partial charge in [-0.3, -0.25) is 0 Å². The Kier molecular flexibility index (Phi) is 6.36. The number of allylic oxidation sites excluding steroid dienone is 1. The molecule has 0 saturated carbocycles. The van der Waals surface area contributed by atoms with E-state index in [0.717, 1.165) is 22.2 Å². The molecular formula is C25H19Cl2N3O2. The molecule has 32 heavy (non-hydrogen) atoms. The van der Waals surface area contributed by atoms with Crippen LogP contribution < -0.4 is 9.47 Å². The number of halogens is 2. The van der Waals surface area contributed by atoms with Gasteiger partial charge in [-0.25, -0.2) is 4.98 Å². The van der Waals surface area contributed by atoms with Crippen LogP contribution in [0.5, 0.6) is 11.5 Å². The molecule has 0 aliphatic carbocycles. The third kappa shape index (κ3) is 4.43. The summed E-state index contributed by atoms with van der Waals surface area (Å²) in [5.41, 5.74) is 3.87. The van der Waals surface area contributed by atoms with Crippen LogP contribution >= 0.6 is 23.2 Å². The Morgan fingerprint density at radius 3 is 2.62 bits per heavy atom. The SMILES string of the molecule is COc1cc(/C=C(/C#N)c2nc3ccccc3n2C)ccc1OCc1ccc(Cl)cc1Cl. The van der Waals surface area contributed by atoms with Gasteiger partial charge in [0, 0.05) is 22.7 Å². The number of nitriles is 1. The Balaban J connectivity index is 1.61. The normalized spacial score (nSPS) is 11.4. The molecule has 0 spiro atoms. The van der Waals surface area contributed by atoms with Gasteiger partial charge < -0.3 is 14.0 Å². The first kappa shape index (κ1) is 21.8. The van der Waals surface area contributed by atoms with E-state index in [0.29, 0.717) is 32.9 Å². The van der Waals surface area contributed by atoms with Gasteiger partial charge in [0.05, 0.1) is 23.7 Å². The number of hydrogen-bond donors (Lipinski definition) is 0. The zero-order valence-corrected chi connectivity index (χ0v) is 19.0. The first-order valence-electron chi connectivity index (χ1n) is 9.78. The van der Waals surface area contributed by atoms with E-state index >= 15 is 0 Å². The predicted octanol–water partition coefficient (Wildman–Crippen LogP) is 6.53. The van der Waals surface area contributed by atoms with E-state index in [2.05, 4.69) is 11.1 Å². The minimum Gasteiger partial charge on any atom is -0.493 e. The number of benzene rings is 3. The second-order valence-electron chi connectivity index (χ2n) is 7.09. The summed E-state index contributed by atoms with van der Waals surface area (Å²) in [5, 5.41) is 10.9. The van der Waals surface area contributed by atoms with Crippen LogP contribution in [0.3, 0.4) is 0 Å². The topological polar surface area (TPSA) is 60.1 Å². The first-order chi connectivity index (χ1) is 15.5. The summed E-state index contributed by atoms with van der Waals surface area (Å²) < 4.78 is 13.3. The maximum Gasteiger partial charge on any atom is 0.161 e. The maximum atomic E-state index is 9.78. The minimum atomic E-state index is 0.269. The highest BCUT2D eigenvalue weighted by Gasteiger charge is 2.13.